The lowest BCUT2D eigenvalue weighted by molar-refractivity contribution is -0.168. The van der Waals surface area contributed by atoms with Gasteiger partial charge in [0.15, 0.2) is 0 Å². The summed E-state index contributed by atoms with van der Waals surface area (Å²) < 4.78 is 73.2. The lowest BCUT2D eigenvalue weighted by Gasteiger charge is -2.57. The normalized spacial score (nSPS) is 43.0. The Morgan fingerprint density at radius 3 is 1.94 bits per heavy atom. The summed E-state index contributed by atoms with van der Waals surface area (Å²) in [5.41, 5.74) is -0.804. The van der Waals surface area contributed by atoms with Gasteiger partial charge >= 0.3 is 15.4 Å². The fourth-order valence-corrected chi connectivity index (χ4v) is 8.77. The molecule has 0 aromatic carbocycles. The van der Waals surface area contributed by atoms with E-state index in [1.165, 1.54) is 0 Å². The van der Waals surface area contributed by atoms with Gasteiger partial charge < -0.3 is 5.32 Å². The van der Waals surface area contributed by atoms with Crippen LogP contribution in [-0.4, -0.2) is 48.2 Å². The van der Waals surface area contributed by atoms with Crippen LogP contribution in [0.1, 0.15) is 44.9 Å². The van der Waals surface area contributed by atoms with Gasteiger partial charge in [-0.25, -0.2) is 4.39 Å². The molecule has 6 fully saturated rings. The van der Waals surface area contributed by atoms with Crippen molar-refractivity contribution >= 4 is 27.8 Å². The maximum Gasteiger partial charge on any atom is 0.411 e. The average Bonchev–Trinajstić information content (AvgIpc) is 3.42. The summed E-state index contributed by atoms with van der Waals surface area (Å²) in [6, 6.07) is 0. The number of alkyl halides is 3. The zero-order valence-corrected chi connectivity index (χ0v) is 19.0. The van der Waals surface area contributed by atoms with Crippen molar-refractivity contribution < 1.29 is 40.3 Å². The largest absolute Gasteiger partial charge is 0.411 e. The molecule has 5 atom stereocenters. The van der Waals surface area contributed by atoms with Gasteiger partial charge in [0.05, 0.1) is 11.8 Å². The van der Waals surface area contributed by atoms with Crippen LogP contribution in [-0.2, 0) is 28.8 Å². The van der Waals surface area contributed by atoms with E-state index >= 15 is 0 Å². The highest BCUT2D eigenvalue weighted by molar-refractivity contribution is 7.87. The Balaban J connectivity index is 1.17. The molecule has 1 aliphatic heterocycles. The third-order valence-electron chi connectivity index (χ3n) is 8.89. The van der Waals surface area contributed by atoms with Crippen LogP contribution < -0.4 is 5.32 Å². The van der Waals surface area contributed by atoms with Crippen molar-refractivity contribution in [2.75, 3.05) is 0 Å². The fraction of sp³-hybridized carbons (Fsp3) is 0.773. The number of carbonyl (C=O) groups excluding carboxylic acids is 3. The van der Waals surface area contributed by atoms with Crippen LogP contribution >= 0.6 is 0 Å². The molecule has 7 aliphatic rings. The Kier molecular flexibility index (Phi) is 4.67. The van der Waals surface area contributed by atoms with E-state index in [-0.39, 0.29) is 16.9 Å². The van der Waals surface area contributed by atoms with E-state index in [9.17, 15) is 36.0 Å². The molecule has 6 aliphatic carbocycles. The standard InChI is InChI=1S/C22H25F3N2O6S/c23-17(18(28)26-21-7-10-3-11(8-21)5-12(4-10)9-21)22(24,25)34(31,32)33-27-19(29)15-13-1-2-14(6-13)16(15)20(27)30/h1-2,10-17H,3-9H2,(H,26,28). The van der Waals surface area contributed by atoms with E-state index in [0.29, 0.717) is 43.4 Å². The second-order valence-electron chi connectivity index (χ2n) is 11.1. The van der Waals surface area contributed by atoms with Crippen molar-refractivity contribution in [3.05, 3.63) is 12.2 Å². The number of hydroxylamine groups is 2. The summed E-state index contributed by atoms with van der Waals surface area (Å²) in [5, 5.41) is -3.09. The molecular weight excluding hydrogens is 477 g/mol. The number of nitrogens with zero attached hydrogens (tertiary/aromatic N) is 1. The smallest absolute Gasteiger partial charge is 0.348 e. The third kappa shape index (κ3) is 3.06. The summed E-state index contributed by atoms with van der Waals surface area (Å²) >= 11 is 0. The predicted molar refractivity (Wildman–Crippen MR) is 108 cm³/mol. The quantitative estimate of drug-likeness (QED) is 0.440. The molecule has 34 heavy (non-hydrogen) atoms. The Hall–Kier alpha value is -1.95. The summed E-state index contributed by atoms with van der Waals surface area (Å²) in [4.78, 5) is 37.6. The monoisotopic (exact) mass is 502 g/mol. The fourth-order valence-electron chi connectivity index (χ4n) is 7.96. The first kappa shape index (κ1) is 22.5. The Labute approximate surface area is 194 Å². The molecule has 8 nitrogen and oxygen atoms in total. The summed E-state index contributed by atoms with van der Waals surface area (Å²) in [7, 11) is -6.17. The van der Waals surface area contributed by atoms with E-state index in [2.05, 4.69) is 9.60 Å². The topological polar surface area (TPSA) is 110 Å². The van der Waals surface area contributed by atoms with E-state index in [0.717, 1.165) is 19.3 Å². The number of hydrogen-bond donors (Lipinski definition) is 1. The highest BCUT2D eigenvalue weighted by Crippen LogP contribution is 2.56. The number of imide groups is 1. The minimum absolute atomic E-state index is 0.186. The number of amides is 3. The van der Waals surface area contributed by atoms with Gasteiger partial charge in [-0.05, 0) is 74.5 Å². The highest BCUT2D eigenvalue weighted by atomic mass is 32.2. The van der Waals surface area contributed by atoms with E-state index < -0.39 is 56.6 Å². The van der Waals surface area contributed by atoms with E-state index in [1.807, 2.05) is 0 Å². The van der Waals surface area contributed by atoms with Crippen LogP contribution in [0.15, 0.2) is 12.2 Å². The Morgan fingerprint density at radius 2 is 1.47 bits per heavy atom. The molecule has 0 radical (unpaired) electrons. The first-order chi connectivity index (χ1) is 15.9. The molecule has 1 heterocycles. The lowest BCUT2D eigenvalue weighted by Crippen LogP contribution is -2.62. The van der Waals surface area contributed by atoms with Gasteiger partial charge in [-0.2, -0.15) is 17.2 Å². The number of halogens is 3. The summed E-state index contributed by atoms with van der Waals surface area (Å²) in [5.74, 6) is -5.15. The molecule has 0 spiro atoms. The molecule has 5 unspecified atom stereocenters. The van der Waals surface area contributed by atoms with Gasteiger partial charge in [0.25, 0.3) is 23.9 Å². The second kappa shape index (κ2) is 7.05. The average molecular weight is 503 g/mol. The summed E-state index contributed by atoms with van der Waals surface area (Å²) in [6.07, 6.45) is 4.94. The van der Waals surface area contributed by atoms with Crippen LogP contribution in [0.5, 0.6) is 0 Å². The molecule has 0 aromatic rings. The van der Waals surface area contributed by atoms with Gasteiger partial charge in [-0.3, -0.25) is 14.4 Å². The zero-order valence-electron chi connectivity index (χ0n) is 18.2. The molecule has 0 aromatic heterocycles. The number of hydrogen-bond acceptors (Lipinski definition) is 6. The minimum Gasteiger partial charge on any atom is -0.348 e. The van der Waals surface area contributed by atoms with Crippen molar-refractivity contribution in [2.45, 2.75) is 61.9 Å². The van der Waals surface area contributed by atoms with E-state index in [1.54, 1.807) is 12.2 Å². The molecule has 186 valence electrons. The minimum atomic E-state index is -6.17. The first-order valence-corrected chi connectivity index (χ1v) is 13.2. The van der Waals surface area contributed by atoms with Crippen molar-refractivity contribution in [1.82, 2.24) is 10.4 Å². The Morgan fingerprint density at radius 1 is 1.00 bits per heavy atom. The van der Waals surface area contributed by atoms with Crippen LogP contribution in [0.2, 0.25) is 0 Å². The molecule has 12 heteroatoms. The van der Waals surface area contributed by atoms with Crippen LogP contribution in [0.25, 0.3) is 0 Å². The second-order valence-corrected chi connectivity index (χ2v) is 12.7. The number of carbonyl (C=O) groups is 3. The number of nitrogens with one attached hydrogen (secondary N) is 1. The predicted octanol–water partition coefficient (Wildman–Crippen LogP) is 2.07. The van der Waals surface area contributed by atoms with Crippen molar-refractivity contribution in [1.29, 1.82) is 0 Å². The molecule has 7 rings (SSSR count). The zero-order chi connectivity index (χ0) is 24.2. The van der Waals surface area contributed by atoms with Gasteiger partial charge in [-0.15, -0.1) is 9.35 Å². The van der Waals surface area contributed by atoms with E-state index in [4.69, 9.17) is 0 Å². The number of fused-ring (bicyclic) bond motifs is 5. The first-order valence-electron chi connectivity index (χ1n) is 11.7. The van der Waals surface area contributed by atoms with Crippen LogP contribution in [0.4, 0.5) is 13.2 Å². The lowest BCUT2D eigenvalue weighted by atomic mass is 9.53. The number of rotatable bonds is 6. The van der Waals surface area contributed by atoms with Gasteiger partial charge in [0, 0.05) is 5.54 Å². The van der Waals surface area contributed by atoms with Crippen molar-refractivity contribution in [2.24, 2.45) is 41.4 Å². The summed E-state index contributed by atoms with van der Waals surface area (Å²) in [6.45, 7) is 0. The maximum absolute atomic E-state index is 14.8. The Bertz CT molecular complexity index is 1040. The molecule has 1 saturated heterocycles. The molecular formula is C22H25F3N2O6S. The van der Waals surface area contributed by atoms with Crippen molar-refractivity contribution in [3.8, 4) is 0 Å². The number of allylic oxidation sites excluding steroid dienone is 2. The third-order valence-corrected chi connectivity index (χ3v) is 10.1. The molecule has 1 N–H and O–H groups in total. The molecule has 6 bridgehead atoms. The SMILES string of the molecule is O=C(NC12CC3CC(CC(C3)C1)C2)C(F)C(F)(F)S(=O)(=O)ON1C(=O)C2C3C=CC(C3)C2C1=O. The van der Waals surface area contributed by atoms with Gasteiger partial charge in [0.2, 0.25) is 0 Å². The molecule has 3 amide bonds. The van der Waals surface area contributed by atoms with Crippen molar-refractivity contribution in [3.63, 3.8) is 0 Å². The maximum atomic E-state index is 14.8. The van der Waals surface area contributed by atoms with Crippen LogP contribution in [0.3, 0.4) is 0 Å². The van der Waals surface area contributed by atoms with Gasteiger partial charge in [0.1, 0.15) is 0 Å². The van der Waals surface area contributed by atoms with Gasteiger partial charge in [-0.1, -0.05) is 12.2 Å². The van der Waals surface area contributed by atoms with Crippen LogP contribution in [0, 0.1) is 41.4 Å². The molecule has 5 saturated carbocycles. The highest BCUT2D eigenvalue weighted by Gasteiger charge is 2.65.